The Hall–Kier alpha value is -2.05. The van der Waals surface area contributed by atoms with Crippen LogP contribution in [0.4, 0.5) is 0 Å². The molecule has 0 aliphatic rings. The third kappa shape index (κ3) is 10.1. The number of methoxy groups -OCH3 is 3. The van der Waals surface area contributed by atoms with Gasteiger partial charge in [-0.25, -0.2) is 14.6 Å². The van der Waals surface area contributed by atoms with E-state index in [0.717, 1.165) is 33.5 Å². The van der Waals surface area contributed by atoms with Crippen molar-refractivity contribution in [3.8, 4) is 0 Å². The van der Waals surface area contributed by atoms with Crippen molar-refractivity contribution in [3.05, 3.63) is 11.5 Å². The van der Waals surface area contributed by atoms with Gasteiger partial charge in [0.1, 0.15) is 0 Å². The van der Waals surface area contributed by atoms with Crippen LogP contribution in [-0.4, -0.2) is 44.3 Å². The lowest BCUT2D eigenvalue weighted by Gasteiger charge is -2.08. The number of esters is 2. The minimum atomic E-state index is -1.06. The second kappa shape index (κ2) is 15.2. The van der Waals surface area contributed by atoms with Gasteiger partial charge in [-0.15, -0.1) is 0 Å². The highest BCUT2D eigenvalue weighted by Gasteiger charge is 2.22. The predicted octanol–water partition coefficient (Wildman–Crippen LogP) is 4.07. The molecule has 0 aliphatic carbocycles. The smallest absolute Gasteiger partial charge is 0.375 e. The number of rotatable bonds is 13. The molecule has 150 valence electrons. The van der Waals surface area contributed by atoms with Crippen molar-refractivity contribution in [2.24, 2.45) is 4.99 Å². The first-order chi connectivity index (χ1) is 12.5. The molecule has 0 spiro atoms. The zero-order valence-electron chi connectivity index (χ0n) is 16.5. The maximum Gasteiger partial charge on any atom is 0.375 e. The Morgan fingerprint density at radius 2 is 1.27 bits per heavy atom. The molecule has 0 fully saturated rings. The van der Waals surface area contributed by atoms with E-state index < -0.39 is 23.4 Å². The van der Waals surface area contributed by atoms with Crippen LogP contribution in [0.1, 0.15) is 71.1 Å². The lowest BCUT2D eigenvalue weighted by molar-refractivity contribution is -0.141. The topological polar surface area (TPSA) is 94.4 Å². The molecule has 0 saturated heterocycles. The molecule has 0 radical (unpaired) electrons. The van der Waals surface area contributed by atoms with Crippen LogP contribution < -0.4 is 0 Å². The van der Waals surface area contributed by atoms with Crippen LogP contribution in [0.5, 0.6) is 0 Å². The highest BCUT2D eigenvalue weighted by molar-refractivity contribution is 6.00. The lowest BCUT2D eigenvalue weighted by atomic mass is 10.1. The van der Waals surface area contributed by atoms with Gasteiger partial charge in [-0.05, 0) is 6.42 Å². The molecule has 0 amide bonds. The Balaban J connectivity index is 4.54. The monoisotopic (exact) mass is 371 g/mol. The molecule has 0 aromatic heterocycles. The van der Waals surface area contributed by atoms with E-state index in [2.05, 4.69) is 21.4 Å². The zero-order chi connectivity index (χ0) is 19.8. The number of aliphatic imine (C=N–C) groups is 1. The summed E-state index contributed by atoms with van der Waals surface area (Å²) in [4.78, 5) is 27.1. The fourth-order valence-electron chi connectivity index (χ4n) is 2.40. The van der Waals surface area contributed by atoms with Crippen molar-refractivity contribution in [1.29, 1.82) is 0 Å². The summed E-state index contributed by atoms with van der Waals surface area (Å²) in [7, 11) is 3.66. The number of carbonyl (C=O) groups is 2. The van der Waals surface area contributed by atoms with E-state index in [1.54, 1.807) is 0 Å². The largest absolute Gasteiger partial charge is 0.500 e. The zero-order valence-corrected chi connectivity index (χ0v) is 16.5. The van der Waals surface area contributed by atoms with Gasteiger partial charge in [0.15, 0.2) is 5.90 Å². The van der Waals surface area contributed by atoms with E-state index in [1.165, 1.54) is 45.6 Å². The van der Waals surface area contributed by atoms with E-state index in [9.17, 15) is 14.7 Å². The fraction of sp³-hybridized carbons (Fsp3) is 0.737. The van der Waals surface area contributed by atoms with Gasteiger partial charge in [0.05, 0.1) is 21.3 Å². The maximum atomic E-state index is 11.7. The average molecular weight is 371 g/mol. The van der Waals surface area contributed by atoms with Gasteiger partial charge >= 0.3 is 11.9 Å². The van der Waals surface area contributed by atoms with Crippen molar-refractivity contribution in [2.45, 2.75) is 71.1 Å². The first-order valence-corrected chi connectivity index (χ1v) is 9.23. The first kappa shape index (κ1) is 23.9. The van der Waals surface area contributed by atoms with E-state index in [1.807, 2.05) is 0 Å². The summed E-state index contributed by atoms with van der Waals surface area (Å²) < 4.78 is 14.1. The summed E-state index contributed by atoms with van der Waals surface area (Å²) in [5.41, 5.74) is -0.521. The van der Waals surface area contributed by atoms with Crippen molar-refractivity contribution >= 4 is 17.8 Å². The van der Waals surface area contributed by atoms with Gasteiger partial charge in [-0.1, -0.05) is 58.3 Å². The molecule has 0 rings (SSSR count). The van der Waals surface area contributed by atoms with Crippen LogP contribution in [0.3, 0.4) is 0 Å². The van der Waals surface area contributed by atoms with E-state index in [4.69, 9.17) is 4.74 Å². The number of carbonyl (C=O) groups excluding carboxylic acids is 2. The third-order valence-electron chi connectivity index (χ3n) is 3.95. The molecule has 0 aromatic rings. The summed E-state index contributed by atoms with van der Waals surface area (Å²) in [5.74, 6) is -2.65. The van der Waals surface area contributed by atoms with Gasteiger partial charge in [0.25, 0.3) is 0 Å². The number of ether oxygens (including phenoxy) is 3. The van der Waals surface area contributed by atoms with E-state index >= 15 is 0 Å². The molecule has 0 aromatic carbocycles. The minimum Gasteiger partial charge on any atom is -0.500 e. The van der Waals surface area contributed by atoms with Crippen molar-refractivity contribution < 1.29 is 28.9 Å². The summed E-state index contributed by atoms with van der Waals surface area (Å²) in [6.45, 7) is 2.21. The number of aliphatic hydroxyl groups is 1. The van der Waals surface area contributed by atoms with Gasteiger partial charge in [-0.2, -0.15) is 0 Å². The molecule has 0 heterocycles. The van der Waals surface area contributed by atoms with Crippen LogP contribution in [0.15, 0.2) is 16.4 Å². The molecule has 7 nitrogen and oxygen atoms in total. The average Bonchev–Trinajstić information content (AvgIpc) is 2.67. The van der Waals surface area contributed by atoms with Crippen LogP contribution in [0, 0.1) is 0 Å². The van der Waals surface area contributed by atoms with Crippen LogP contribution in [0.2, 0.25) is 0 Å². The van der Waals surface area contributed by atoms with E-state index in [0.29, 0.717) is 6.42 Å². The Morgan fingerprint density at radius 1 is 0.769 bits per heavy atom. The molecule has 26 heavy (non-hydrogen) atoms. The van der Waals surface area contributed by atoms with Crippen LogP contribution in [0.25, 0.3) is 0 Å². The first-order valence-electron chi connectivity index (χ1n) is 9.23. The molecule has 0 atom stereocenters. The minimum absolute atomic E-state index is 0.254. The predicted molar refractivity (Wildman–Crippen MR) is 100.0 cm³/mol. The molecule has 7 heteroatoms. The van der Waals surface area contributed by atoms with Crippen molar-refractivity contribution in [1.82, 2.24) is 0 Å². The summed E-state index contributed by atoms with van der Waals surface area (Å²) >= 11 is 0. The Bertz CT molecular complexity index is 484. The lowest BCUT2D eigenvalue weighted by Crippen LogP contribution is -2.15. The number of hydrogen-bond acceptors (Lipinski definition) is 7. The van der Waals surface area contributed by atoms with Crippen molar-refractivity contribution in [3.63, 3.8) is 0 Å². The number of aliphatic hydroxyl groups excluding tert-OH is 1. The van der Waals surface area contributed by atoms with Gasteiger partial charge in [0, 0.05) is 6.42 Å². The summed E-state index contributed by atoms with van der Waals surface area (Å²) in [5, 5.41) is 9.80. The Kier molecular flexibility index (Phi) is 14.0. The normalized spacial score (nSPS) is 12.4. The Morgan fingerprint density at radius 3 is 1.73 bits per heavy atom. The fourth-order valence-corrected chi connectivity index (χ4v) is 2.40. The highest BCUT2D eigenvalue weighted by atomic mass is 16.5. The van der Waals surface area contributed by atoms with Gasteiger partial charge in [0.2, 0.25) is 11.5 Å². The standard InChI is InChI=1S/C19H33NO6/c1-5-6-7-8-9-10-11-12-13-14-15(24-2)20-16(18(22)25-3)17(21)19(23)26-4/h21H,5-14H2,1-4H3/b17-16+,20-15?. The molecular weight excluding hydrogens is 338 g/mol. The SMILES string of the molecule is CCCCCCCCCCCC(=N/C(C(=O)OC)=C(/O)C(=O)OC)OC. The summed E-state index contributed by atoms with van der Waals surface area (Å²) in [6.07, 6.45) is 11.1. The van der Waals surface area contributed by atoms with Crippen LogP contribution >= 0.6 is 0 Å². The number of hydrogen-bond donors (Lipinski definition) is 1. The Labute approximate surface area is 156 Å². The molecule has 0 unspecified atom stereocenters. The van der Waals surface area contributed by atoms with Crippen molar-refractivity contribution in [2.75, 3.05) is 21.3 Å². The van der Waals surface area contributed by atoms with E-state index in [-0.39, 0.29) is 5.90 Å². The second-order valence-electron chi connectivity index (χ2n) is 5.97. The third-order valence-corrected chi connectivity index (χ3v) is 3.95. The number of nitrogens with zero attached hydrogens (tertiary/aromatic N) is 1. The molecular formula is C19H33NO6. The van der Waals surface area contributed by atoms with Gasteiger partial charge < -0.3 is 19.3 Å². The summed E-state index contributed by atoms with van der Waals surface area (Å²) in [6, 6.07) is 0. The maximum absolute atomic E-state index is 11.7. The second-order valence-corrected chi connectivity index (χ2v) is 5.97. The quantitative estimate of drug-likeness (QED) is 0.131. The highest BCUT2D eigenvalue weighted by Crippen LogP contribution is 2.13. The van der Waals surface area contributed by atoms with Crippen LogP contribution in [-0.2, 0) is 23.8 Å². The molecule has 0 saturated carbocycles. The molecule has 0 aliphatic heterocycles. The molecule has 0 bridgehead atoms. The number of unbranched alkanes of at least 4 members (excludes halogenated alkanes) is 8. The molecule has 1 N–H and O–H groups in total. The van der Waals surface area contributed by atoms with Gasteiger partial charge in [-0.3, -0.25) is 0 Å².